The summed E-state index contributed by atoms with van der Waals surface area (Å²) >= 11 is 0. The summed E-state index contributed by atoms with van der Waals surface area (Å²) in [5, 5.41) is 14.8. The summed E-state index contributed by atoms with van der Waals surface area (Å²) < 4.78 is 7.70. The van der Waals surface area contributed by atoms with E-state index in [9.17, 15) is 14.9 Å². The smallest absolute Gasteiger partial charge is 0.271 e. The molecule has 1 atom stereocenters. The maximum atomic E-state index is 13.9. The molecule has 0 saturated heterocycles. The van der Waals surface area contributed by atoms with Gasteiger partial charge in [0, 0.05) is 35.4 Å². The molecule has 7 heteroatoms. The first kappa shape index (κ1) is 24.9. The molecular formula is C32H30N4O3. The topological polar surface area (TPSA) is 88.2 Å². The largest absolute Gasteiger partial charge is 0.490 e. The van der Waals surface area contributed by atoms with E-state index in [-0.39, 0.29) is 23.6 Å². The van der Waals surface area contributed by atoms with Crippen molar-refractivity contribution in [2.24, 2.45) is 0 Å². The third-order valence-corrected chi connectivity index (χ3v) is 7.95. The Kier molecular flexibility index (Phi) is 6.40. The summed E-state index contributed by atoms with van der Waals surface area (Å²) in [4.78, 5) is 28.5. The summed E-state index contributed by atoms with van der Waals surface area (Å²) in [6, 6.07) is 17.8. The SMILES string of the molecule is CC1=C(C#N)C(=O)N(C2CCCCC2)C(=O)/C1=C/c1cn(-c2ccccc2)nc1-c1ccc2c(c1)CC(C)O2. The van der Waals surface area contributed by atoms with Gasteiger partial charge in [-0.25, -0.2) is 4.68 Å². The lowest BCUT2D eigenvalue weighted by atomic mass is 9.88. The predicted molar refractivity (Wildman–Crippen MR) is 148 cm³/mol. The number of aromatic nitrogens is 2. The van der Waals surface area contributed by atoms with E-state index in [4.69, 9.17) is 9.84 Å². The number of nitriles is 1. The van der Waals surface area contributed by atoms with Gasteiger partial charge in [-0.05, 0) is 74.2 Å². The predicted octanol–water partition coefficient (Wildman–Crippen LogP) is 5.79. The van der Waals surface area contributed by atoms with Crippen molar-refractivity contribution in [2.75, 3.05) is 0 Å². The van der Waals surface area contributed by atoms with Crippen LogP contribution in [0, 0.1) is 11.3 Å². The number of benzene rings is 2. The van der Waals surface area contributed by atoms with Gasteiger partial charge in [-0.3, -0.25) is 14.5 Å². The lowest BCUT2D eigenvalue weighted by molar-refractivity contribution is -0.143. The molecule has 196 valence electrons. The van der Waals surface area contributed by atoms with E-state index in [0.29, 0.717) is 16.8 Å². The van der Waals surface area contributed by atoms with E-state index in [1.165, 1.54) is 4.90 Å². The Morgan fingerprint density at radius 1 is 1.05 bits per heavy atom. The molecule has 6 rings (SSSR count). The lowest BCUT2D eigenvalue weighted by Gasteiger charge is -2.36. The van der Waals surface area contributed by atoms with Crippen LogP contribution in [0.5, 0.6) is 5.75 Å². The van der Waals surface area contributed by atoms with Crippen molar-refractivity contribution in [2.45, 2.75) is 64.5 Å². The highest BCUT2D eigenvalue weighted by atomic mass is 16.5. The third-order valence-electron chi connectivity index (χ3n) is 7.95. The Morgan fingerprint density at radius 3 is 2.56 bits per heavy atom. The fraction of sp³-hybridized carbons (Fsp3) is 0.312. The molecule has 3 aliphatic rings. The molecule has 2 aliphatic heterocycles. The van der Waals surface area contributed by atoms with Gasteiger partial charge < -0.3 is 4.74 Å². The van der Waals surface area contributed by atoms with Gasteiger partial charge in [0.2, 0.25) is 0 Å². The Morgan fingerprint density at radius 2 is 1.82 bits per heavy atom. The van der Waals surface area contributed by atoms with Gasteiger partial charge in [0.1, 0.15) is 23.5 Å². The van der Waals surface area contributed by atoms with Crippen molar-refractivity contribution in [1.82, 2.24) is 14.7 Å². The summed E-state index contributed by atoms with van der Waals surface area (Å²) in [7, 11) is 0. The fourth-order valence-electron chi connectivity index (χ4n) is 5.93. The molecule has 2 aromatic carbocycles. The van der Waals surface area contributed by atoms with Crippen LogP contribution in [0.1, 0.15) is 57.1 Å². The molecule has 39 heavy (non-hydrogen) atoms. The second-order valence-electron chi connectivity index (χ2n) is 10.6. The third kappa shape index (κ3) is 4.46. The van der Waals surface area contributed by atoms with Crippen molar-refractivity contribution >= 4 is 17.9 Å². The van der Waals surface area contributed by atoms with Gasteiger partial charge in [-0.2, -0.15) is 10.4 Å². The normalized spacial score (nSPS) is 20.8. The number of ether oxygens (including phenoxy) is 1. The van der Waals surface area contributed by atoms with E-state index in [2.05, 4.69) is 19.1 Å². The number of hydrogen-bond donors (Lipinski definition) is 0. The number of imide groups is 1. The Bertz CT molecular complexity index is 1570. The number of para-hydroxylation sites is 1. The Balaban J connectivity index is 1.50. The molecule has 1 unspecified atom stereocenters. The highest BCUT2D eigenvalue weighted by molar-refractivity contribution is 6.20. The van der Waals surface area contributed by atoms with Crippen LogP contribution < -0.4 is 4.74 Å². The molecule has 2 amide bonds. The zero-order valence-electron chi connectivity index (χ0n) is 22.2. The fourth-order valence-corrected chi connectivity index (χ4v) is 5.93. The number of amides is 2. The van der Waals surface area contributed by atoms with Crippen molar-refractivity contribution < 1.29 is 14.3 Å². The molecule has 1 aromatic heterocycles. The van der Waals surface area contributed by atoms with Crippen molar-refractivity contribution in [3.8, 4) is 28.8 Å². The van der Waals surface area contributed by atoms with Crippen LogP contribution in [0.25, 0.3) is 23.0 Å². The first-order valence-corrected chi connectivity index (χ1v) is 13.6. The Hall–Kier alpha value is -4.44. The van der Waals surface area contributed by atoms with Gasteiger partial charge in [0.25, 0.3) is 11.8 Å². The maximum Gasteiger partial charge on any atom is 0.271 e. The number of carbonyl (C=O) groups is 2. The number of carbonyl (C=O) groups excluding carboxylic acids is 2. The molecule has 0 radical (unpaired) electrons. The highest BCUT2D eigenvalue weighted by Crippen LogP contribution is 2.37. The second kappa shape index (κ2) is 10.0. The van der Waals surface area contributed by atoms with Crippen LogP contribution >= 0.6 is 0 Å². The van der Waals surface area contributed by atoms with E-state index < -0.39 is 5.91 Å². The minimum absolute atomic E-state index is 0.0343. The summed E-state index contributed by atoms with van der Waals surface area (Å²) in [6.07, 6.45) is 9.23. The van der Waals surface area contributed by atoms with E-state index in [1.54, 1.807) is 17.7 Å². The maximum absolute atomic E-state index is 13.9. The molecular weight excluding hydrogens is 488 g/mol. The van der Waals surface area contributed by atoms with Crippen LogP contribution in [0.15, 0.2) is 71.4 Å². The lowest BCUT2D eigenvalue weighted by Crippen LogP contribution is -2.49. The Labute approximate surface area is 228 Å². The van der Waals surface area contributed by atoms with Crippen molar-refractivity contribution in [1.29, 1.82) is 5.26 Å². The molecule has 1 fully saturated rings. The quantitative estimate of drug-likeness (QED) is 0.322. The molecule has 0 spiro atoms. The van der Waals surface area contributed by atoms with Gasteiger partial charge in [0.05, 0.1) is 11.4 Å². The second-order valence-corrected chi connectivity index (χ2v) is 10.6. The van der Waals surface area contributed by atoms with E-state index >= 15 is 0 Å². The van der Waals surface area contributed by atoms with Crippen LogP contribution in [-0.4, -0.2) is 38.6 Å². The molecule has 7 nitrogen and oxygen atoms in total. The average molecular weight is 519 g/mol. The minimum atomic E-state index is -0.475. The van der Waals surface area contributed by atoms with Gasteiger partial charge in [-0.15, -0.1) is 0 Å². The minimum Gasteiger partial charge on any atom is -0.490 e. The van der Waals surface area contributed by atoms with Gasteiger partial charge in [0.15, 0.2) is 0 Å². The van der Waals surface area contributed by atoms with Crippen LogP contribution in [-0.2, 0) is 16.0 Å². The monoisotopic (exact) mass is 518 g/mol. The zero-order chi connectivity index (χ0) is 27.1. The van der Waals surface area contributed by atoms with Crippen molar-refractivity contribution in [3.63, 3.8) is 0 Å². The van der Waals surface area contributed by atoms with Crippen LogP contribution in [0.2, 0.25) is 0 Å². The first-order chi connectivity index (χ1) is 18.9. The number of fused-ring (bicyclic) bond motifs is 1. The van der Waals surface area contributed by atoms with E-state index in [0.717, 1.165) is 66.7 Å². The van der Waals surface area contributed by atoms with Crippen LogP contribution in [0.3, 0.4) is 0 Å². The molecule has 3 heterocycles. The summed E-state index contributed by atoms with van der Waals surface area (Å²) in [5.41, 5.74) is 5.19. The summed E-state index contributed by atoms with van der Waals surface area (Å²) in [5.74, 6) is 0.0742. The zero-order valence-corrected chi connectivity index (χ0v) is 22.2. The standard InChI is InChI=1S/C32H30N4O3/c1-20-15-23-16-22(13-14-29(23)39-20)30-24(19-35(34-30)25-9-5-3-6-10-25)17-27-21(2)28(18-33)32(38)36(31(27)37)26-11-7-4-8-12-26/h3,5-6,9-10,13-14,16-17,19-20,26H,4,7-8,11-12,15H2,1-2H3/b27-17+. The molecule has 1 saturated carbocycles. The molecule has 0 N–H and O–H groups in total. The first-order valence-electron chi connectivity index (χ1n) is 13.6. The summed E-state index contributed by atoms with van der Waals surface area (Å²) in [6.45, 7) is 3.74. The van der Waals surface area contributed by atoms with Gasteiger partial charge in [-0.1, -0.05) is 37.5 Å². The van der Waals surface area contributed by atoms with Gasteiger partial charge >= 0.3 is 0 Å². The van der Waals surface area contributed by atoms with E-state index in [1.807, 2.05) is 48.7 Å². The van der Waals surface area contributed by atoms with Crippen molar-refractivity contribution in [3.05, 3.63) is 82.6 Å². The molecule has 0 bridgehead atoms. The van der Waals surface area contributed by atoms with Crippen LogP contribution in [0.4, 0.5) is 0 Å². The number of nitrogens with zero attached hydrogens (tertiary/aromatic N) is 4. The number of hydrogen-bond acceptors (Lipinski definition) is 5. The molecule has 3 aromatic rings. The molecule has 1 aliphatic carbocycles. The average Bonchev–Trinajstić information content (AvgIpc) is 3.54. The number of rotatable bonds is 4. The highest BCUT2D eigenvalue weighted by Gasteiger charge is 2.40.